The van der Waals surface area contributed by atoms with E-state index in [1.807, 2.05) is 0 Å². The van der Waals surface area contributed by atoms with Crippen LogP contribution in [0.5, 0.6) is 0 Å². The van der Waals surface area contributed by atoms with Crippen LogP contribution in [-0.4, -0.2) is 0 Å². The molecular formula is C54H45N. The fraction of sp³-hybridized carbons (Fsp3) is 0.111. The molecule has 1 heteroatoms. The average molecular weight is 708 g/mol. The predicted octanol–water partition coefficient (Wildman–Crippen LogP) is 15.1. The lowest BCUT2D eigenvalue weighted by Crippen LogP contribution is -2.43. The van der Waals surface area contributed by atoms with Crippen LogP contribution in [0.1, 0.15) is 38.8 Å². The largest absolute Gasteiger partial charge is 0.311 e. The quantitative estimate of drug-likeness (QED) is 0.159. The maximum absolute atomic E-state index is 2.45. The van der Waals surface area contributed by atoms with E-state index in [9.17, 15) is 0 Å². The van der Waals surface area contributed by atoms with E-state index < -0.39 is 0 Å². The van der Waals surface area contributed by atoms with Crippen molar-refractivity contribution < 1.29 is 0 Å². The van der Waals surface area contributed by atoms with E-state index in [2.05, 4.69) is 233 Å². The molecule has 0 saturated heterocycles. The van der Waals surface area contributed by atoms with Crippen LogP contribution in [0.3, 0.4) is 0 Å². The molecule has 0 N–H and O–H groups in total. The van der Waals surface area contributed by atoms with Gasteiger partial charge >= 0.3 is 0 Å². The molecule has 8 aromatic rings. The summed E-state index contributed by atoms with van der Waals surface area (Å²) in [6.45, 7) is 9.67. The average Bonchev–Trinajstić information content (AvgIpc) is 3.24. The number of hydrogen-bond donors (Lipinski definition) is 0. The van der Waals surface area contributed by atoms with E-state index in [1.165, 1.54) is 66.8 Å². The summed E-state index contributed by atoms with van der Waals surface area (Å²) in [4.78, 5) is 2.35. The second-order valence-electron chi connectivity index (χ2n) is 15.8. The summed E-state index contributed by atoms with van der Waals surface area (Å²) in [5, 5.41) is 0. The van der Waals surface area contributed by atoms with E-state index in [0.29, 0.717) is 0 Å². The lowest BCUT2D eigenvalue weighted by Gasteiger charge is -2.48. The zero-order valence-corrected chi connectivity index (χ0v) is 32.0. The molecule has 0 atom stereocenters. The fourth-order valence-electron chi connectivity index (χ4n) is 8.37. The fourth-order valence-corrected chi connectivity index (χ4v) is 8.37. The summed E-state index contributed by atoms with van der Waals surface area (Å²) in [6.07, 6.45) is 0. The zero-order valence-electron chi connectivity index (χ0n) is 32.0. The van der Waals surface area contributed by atoms with Crippen LogP contribution in [0.15, 0.2) is 200 Å². The molecular weight excluding hydrogens is 663 g/mol. The first-order valence-corrected chi connectivity index (χ1v) is 19.3. The van der Waals surface area contributed by atoms with Crippen molar-refractivity contribution in [2.24, 2.45) is 0 Å². The molecule has 1 aliphatic carbocycles. The van der Waals surface area contributed by atoms with Crippen molar-refractivity contribution in [1.82, 2.24) is 0 Å². The lowest BCUT2D eigenvalue weighted by molar-refractivity contribution is 0.299. The Hall–Kier alpha value is -6.44. The standard InChI is InChI=1S/C54H45N/c1-53(2)51-36-44(40-18-12-7-13-19-40)26-34-49(51)50-35-27-45(37-52(50)54(53,3)4)43-24-32-48(33-25-43)55(46-28-20-41(21-29-46)38-14-8-5-9-15-38)47-30-22-42(23-31-47)39-16-10-6-11-17-39/h5-37H,1-4H3. The first-order valence-electron chi connectivity index (χ1n) is 19.3. The van der Waals surface area contributed by atoms with E-state index in [4.69, 9.17) is 0 Å². The summed E-state index contributed by atoms with van der Waals surface area (Å²) in [6, 6.07) is 73.0. The number of fused-ring (bicyclic) bond motifs is 3. The number of rotatable bonds is 7. The Balaban J connectivity index is 1.08. The van der Waals surface area contributed by atoms with Crippen molar-refractivity contribution in [3.63, 3.8) is 0 Å². The predicted molar refractivity (Wildman–Crippen MR) is 234 cm³/mol. The third-order valence-electron chi connectivity index (χ3n) is 12.3. The van der Waals surface area contributed by atoms with Gasteiger partial charge in [0, 0.05) is 17.1 Å². The molecule has 0 amide bonds. The molecule has 0 bridgehead atoms. The highest BCUT2D eigenvalue weighted by Crippen LogP contribution is 2.55. The van der Waals surface area contributed by atoms with Crippen molar-refractivity contribution in [2.75, 3.05) is 4.90 Å². The molecule has 266 valence electrons. The molecule has 0 saturated carbocycles. The molecule has 1 aliphatic rings. The van der Waals surface area contributed by atoms with Gasteiger partial charge in [0.05, 0.1) is 0 Å². The summed E-state index contributed by atoms with van der Waals surface area (Å²) in [7, 11) is 0. The minimum atomic E-state index is -0.0881. The molecule has 0 spiro atoms. The SMILES string of the molecule is CC1(C)c2cc(-c3ccccc3)ccc2-c2ccc(-c3ccc(N(c4ccc(-c5ccccc5)cc4)c4ccc(-c5ccccc5)cc4)cc3)cc2C1(C)C. The van der Waals surface area contributed by atoms with Gasteiger partial charge in [-0.25, -0.2) is 0 Å². The Bertz CT molecular complexity index is 2500. The Kier molecular flexibility index (Phi) is 8.59. The van der Waals surface area contributed by atoms with Crippen molar-refractivity contribution in [2.45, 2.75) is 38.5 Å². The summed E-state index contributed by atoms with van der Waals surface area (Å²) in [5.74, 6) is 0. The number of anilines is 3. The van der Waals surface area contributed by atoms with Crippen molar-refractivity contribution >= 4 is 17.1 Å². The highest BCUT2D eigenvalue weighted by molar-refractivity contribution is 5.85. The normalized spacial score (nSPS) is 13.7. The van der Waals surface area contributed by atoms with Crippen LogP contribution in [0.4, 0.5) is 17.1 Å². The van der Waals surface area contributed by atoms with E-state index in [0.717, 1.165) is 17.1 Å². The van der Waals surface area contributed by atoms with E-state index in [-0.39, 0.29) is 10.8 Å². The second kappa shape index (κ2) is 13.8. The second-order valence-corrected chi connectivity index (χ2v) is 15.8. The van der Waals surface area contributed by atoms with E-state index >= 15 is 0 Å². The van der Waals surface area contributed by atoms with Gasteiger partial charge < -0.3 is 4.90 Å². The van der Waals surface area contributed by atoms with Gasteiger partial charge in [-0.2, -0.15) is 0 Å². The lowest BCUT2D eigenvalue weighted by atomic mass is 9.55. The molecule has 0 aromatic heterocycles. The summed E-state index contributed by atoms with van der Waals surface area (Å²) < 4.78 is 0. The maximum atomic E-state index is 2.45. The van der Waals surface area contributed by atoms with Crippen LogP contribution in [0.2, 0.25) is 0 Å². The Labute approximate surface area is 326 Å². The topological polar surface area (TPSA) is 3.24 Å². The molecule has 0 unspecified atom stereocenters. The smallest absolute Gasteiger partial charge is 0.0462 e. The molecule has 1 nitrogen and oxygen atoms in total. The monoisotopic (exact) mass is 707 g/mol. The van der Waals surface area contributed by atoms with Gasteiger partial charge in [-0.05, 0) is 126 Å². The Morgan fingerprint density at radius 1 is 0.273 bits per heavy atom. The minimum absolute atomic E-state index is 0.0742. The first kappa shape index (κ1) is 34.3. The van der Waals surface area contributed by atoms with Crippen molar-refractivity contribution in [3.05, 3.63) is 211 Å². The first-order chi connectivity index (χ1) is 26.8. The highest BCUT2D eigenvalue weighted by atomic mass is 15.1. The molecule has 0 heterocycles. The minimum Gasteiger partial charge on any atom is -0.311 e. The molecule has 0 radical (unpaired) electrons. The van der Waals surface area contributed by atoms with Crippen LogP contribution in [-0.2, 0) is 10.8 Å². The molecule has 0 fully saturated rings. The van der Waals surface area contributed by atoms with Gasteiger partial charge in [0.25, 0.3) is 0 Å². The van der Waals surface area contributed by atoms with Gasteiger partial charge in [-0.1, -0.05) is 179 Å². The molecule has 9 rings (SSSR count). The Morgan fingerprint density at radius 2 is 0.527 bits per heavy atom. The zero-order chi connectivity index (χ0) is 37.6. The van der Waals surface area contributed by atoms with Crippen molar-refractivity contribution in [3.8, 4) is 55.6 Å². The van der Waals surface area contributed by atoms with Crippen LogP contribution in [0.25, 0.3) is 55.6 Å². The van der Waals surface area contributed by atoms with Gasteiger partial charge in [0.1, 0.15) is 0 Å². The highest BCUT2D eigenvalue weighted by Gasteiger charge is 2.46. The van der Waals surface area contributed by atoms with Gasteiger partial charge in [0.15, 0.2) is 0 Å². The Morgan fingerprint density at radius 3 is 0.855 bits per heavy atom. The molecule has 0 aliphatic heterocycles. The third-order valence-corrected chi connectivity index (χ3v) is 12.3. The maximum Gasteiger partial charge on any atom is 0.0462 e. The molecule has 55 heavy (non-hydrogen) atoms. The third kappa shape index (κ3) is 6.16. The van der Waals surface area contributed by atoms with Crippen LogP contribution >= 0.6 is 0 Å². The van der Waals surface area contributed by atoms with E-state index in [1.54, 1.807) is 0 Å². The number of benzene rings is 8. The van der Waals surface area contributed by atoms with Crippen LogP contribution < -0.4 is 4.90 Å². The van der Waals surface area contributed by atoms with Crippen LogP contribution in [0, 0.1) is 0 Å². The van der Waals surface area contributed by atoms with Gasteiger partial charge in [-0.15, -0.1) is 0 Å². The van der Waals surface area contributed by atoms with Gasteiger partial charge in [-0.3, -0.25) is 0 Å². The van der Waals surface area contributed by atoms with Crippen molar-refractivity contribution in [1.29, 1.82) is 0 Å². The van der Waals surface area contributed by atoms with Gasteiger partial charge in [0.2, 0.25) is 0 Å². The number of nitrogens with zero attached hydrogens (tertiary/aromatic N) is 1. The molecule has 8 aromatic carbocycles. The number of hydrogen-bond acceptors (Lipinski definition) is 1. The summed E-state index contributed by atoms with van der Waals surface area (Å²) >= 11 is 0. The summed E-state index contributed by atoms with van der Waals surface area (Å²) in [5.41, 5.74) is 18.5.